The molecule has 1 aliphatic rings. The van der Waals surface area contributed by atoms with Crippen molar-refractivity contribution in [2.45, 2.75) is 32.6 Å². The van der Waals surface area contributed by atoms with Gasteiger partial charge in [0.15, 0.2) is 0 Å². The molecule has 1 aliphatic carbocycles. The Morgan fingerprint density at radius 3 is 3.14 bits per heavy atom. The summed E-state index contributed by atoms with van der Waals surface area (Å²) in [4.78, 5) is 11.4. The van der Waals surface area contributed by atoms with Crippen LogP contribution in [0.25, 0.3) is 0 Å². The number of carbonyl (C=O) groups is 1. The number of alkyl halides is 1. The lowest BCUT2D eigenvalue weighted by Gasteiger charge is -2.03. The second kappa shape index (κ2) is 6.43. The molecule has 0 N–H and O–H groups in total. The number of hydrogen-bond donors (Lipinski definition) is 0. The van der Waals surface area contributed by atoms with E-state index in [-0.39, 0.29) is 5.97 Å². The first kappa shape index (κ1) is 12.0. The third-order valence-electron chi connectivity index (χ3n) is 2.47. The molecule has 0 saturated heterocycles. The van der Waals surface area contributed by atoms with Gasteiger partial charge in [0.2, 0.25) is 0 Å². The Morgan fingerprint density at radius 2 is 2.50 bits per heavy atom. The molecule has 14 heavy (non-hydrogen) atoms. The first-order valence-electron chi connectivity index (χ1n) is 5.21. The first-order chi connectivity index (χ1) is 6.77. The summed E-state index contributed by atoms with van der Waals surface area (Å²) in [6, 6.07) is 0. The topological polar surface area (TPSA) is 26.3 Å². The lowest BCUT2D eigenvalue weighted by Crippen LogP contribution is -2.05. The molecule has 1 rings (SSSR count). The van der Waals surface area contributed by atoms with Crippen molar-refractivity contribution in [3.8, 4) is 0 Å². The first-order valence-corrected chi connectivity index (χ1v) is 6.74. The fraction of sp³-hybridized carbons (Fsp3) is 0.727. The Bertz CT molecular complexity index is 223. The maximum atomic E-state index is 11.4. The second-order valence-electron chi connectivity index (χ2n) is 3.54. The number of carbonyl (C=O) groups excluding carboxylic acids is 1. The number of rotatable bonds is 5. The quantitative estimate of drug-likeness (QED) is 0.443. The van der Waals surface area contributed by atoms with Gasteiger partial charge in [-0.3, -0.25) is 0 Å². The van der Waals surface area contributed by atoms with Gasteiger partial charge in [-0.2, -0.15) is 0 Å². The van der Waals surface area contributed by atoms with Crippen LogP contribution in [0, 0.1) is 5.92 Å². The molecule has 0 fully saturated rings. The Balaban J connectivity index is 2.37. The van der Waals surface area contributed by atoms with E-state index in [9.17, 15) is 4.79 Å². The predicted octanol–water partition coefficient (Wildman–Crippen LogP) is 3.10. The monoisotopic (exact) mass is 308 g/mol. The number of esters is 1. The highest BCUT2D eigenvalue weighted by atomic mass is 127. The molecule has 0 radical (unpaired) electrons. The molecule has 2 nitrogen and oxygen atoms in total. The van der Waals surface area contributed by atoms with Gasteiger partial charge < -0.3 is 4.74 Å². The van der Waals surface area contributed by atoms with Crippen molar-refractivity contribution in [3.05, 3.63) is 11.6 Å². The van der Waals surface area contributed by atoms with Crippen LogP contribution < -0.4 is 0 Å². The summed E-state index contributed by atoms with van der Waals surface area (Å²) in [5.74, 6) is 0.508. The van der Waals surface area contributed by atoms with E-state index in [1.807, 2.05) is 6.92 Å². The summed E-state index contributed by atoms with van der Waals surface area (Å²) in [6.07, 6.45) is 6.61. The van der Waals surface area contributed by atoms with Crippen molar-refractivity contribution < 1.29 is 9.53 Å². The molecule has 80 valence electrons. The minimum atomic E-state index is -0.107. The standard InChI is InChI=1S/C11H17IO2/c1-2-14-11(13)10-6-5-9(8-10)4-3-7-12/h8-9H,2-7H2,1H3. The highest BCUT2D eigenvalue weighted by Crippen LogP contribution is 2.28. The molecule has 0 bridgehead atoms. The summed E-state index contributed by atoms with van der Waals surface area (Å²) in [5.41, 5.74) is 0.894. The van der Waals surface area contributed by atoms with Crippen LogP contribution >= 0.6 is 22.6 Å². The van der Waals surface area contributed by atoms with Gasteiger partial charge >= 0.3 is 5.97 Å². The van der Waals surface area contributed by atoms with Gasteiger partial charge in [-0.15, -0.1) is 0 Å². The Morgan fingerprint density at radius 1 is 1.71 bits per heavy atom. The summed E-state index contributed by atoms with van der Waals surface area (Å²) in [5, 5.41) is 0. The maximum Gasteiger partial charge on any atom is 0.333 e. The SMILES string of the molecule is CCOC(=O)C1=CC(CCCI)CC1. The lowest BCUT2D eigenvalue weighted by molar-refractivity contribution is -0.138. The number of allylic oxidation sites excluding steroid dienone is 1. The van der Waals surface area contributed by atoms with Gasteiger partial charge in [-0.05, 0) is 43.0 Å². The molecule has 1 atom stereocenters. The van der Waals surface area contributed by atoms with Crippen LogP contribution in [0.1, 0.15) is 32.6 Å². The third-order valence-corrected chi connectivity index (χ3v) is 3.23. The maximum absolute atomic E-state index is 11.4. The van der Waals surface area contributed by atoms with E-state index >= 15 is 0 Å². The molecule has 0 amide bonds. The molecule has 0 aliphatic heterocycles. The molecule has 0 heterocycles. The molecule has 0 aromatic carbocycles. The van der Waals surface area contributed by atoms with E-state index in [0.29, 0.717) is 12.5 Å². The average molecular weight is 308 g/mol. The van der Waals surface area contributed by atoms with Gasteiger partial charge in [-0.1, -0.05) is 28.7 Å². The fourth-order valence-corrected chi connectivity index (χ4v) is 2.19. The Kier molecular flexibility index (Phi) is 5.52. The van der Waals surface area contributed by atoms with Crippen molar-refractivity contribution in [2.75, 3.05) is 11.0 Å². The van der Waals surface area contributed by atoms with E-state index < -0.39 is 0 Å². The number of ether oxygens (including phenoxy) is 1. The van der Waals surface area contributed by atoms with Gasteiger partial charge in [0.05, 0.1) is 6.61 Å². The molecule has 0 aromatic heterocycles. The minimum absolute atomic E-state index is 0.107. The van der Waals surface area contributed by atoms with Gasteiger partial charge in [0.25, 0.3) is 0 Å². The third kappa shape index (κ3) is 3.59. The number of hydrogen-bond acceptors (Lipinski definition) is 2. The van der Waals surface area contributed by atoms with Crippen molar-refractivity contribution in [1.29, 1.82) is 0 Å². The van der Waals surface area contributed by atoms with Crippen molar-refractivity contribution in [2.24, 2.45) is 5.92 Å². The van der Waals surface area contributed by atoms with Crippen molar-refractivity contribution in [1.82, 2.24) is 0 Å². The van der Waals surface area contributed by atoms with Crippen LogP contribution in [-0.2, 0) is 9.53 Å². The Hall–Kier alpha value is -0.0600. The van der Waals surface area contributed by atoms with E-state index in [4.69, 9.17) is 4.74 Å². The van der Waals surface area contributed by atoms with Crippen LogP contribution in [0.3, 0.4) is 0 Å². The molecule has 3 heteroatoms. The molecule has 1 unspecified atom stereocenters. The molecular formula is C11H17IO2. The molecule has 0 aromatic rings. The highest BCUT2D eigenvalue weighted by Gasteiger charge is 2.20. The lowest BCUT2D eigenvalue weighted by atomic mass is 10.0. The van der Waals surface area contributed by atoms with Crippen molar-refractivity contribution in [3.63, 3.8) is 0 Å². The van der Waals surface area contributed by atoms with Gasteiger partial charge in [0, 0.05) is 5.57 Å². The predicted molar refractivity (Wildman–Crippen MR) is 65.6 cm³/mol. The minimum Gasteiger partial charge on any atom is -0.463 e. The summed E-state index contributed by atoms with van der Waals surface area (Å²) < 4.78 is 6.18. The zero-order chi connectivity index (χ0) is 10.4. The molecule has 0 saturated carbocycles. The van der Waals surface area contributed by atoms with Gasteiger partial charge in [-0.25, -0.2) is 4.79 Å². The summed E-state index contributed by atoms with van der Waals surface area (Å²) in [7, 11) is 0. The average Bonchev–Trinajstić information content (AvgIpc) is 2.63. The largest absolute Gasteiger partial charge is 0.463 e. The second-order valence-corrected chi connectivity index (χ2v) is 4.62. The van der Waals surface area contributed by atoms with Gasteiger partial charge in [0.1, 0.15) is 0 Å². The summed E-state index contributed by atoms with van der Waals surface area (Å²) in [6.45, 7) is 2.33. The van der Waals surface area contributed by atoms with E-state index in [2.05, 4.69) is 28.7 Å². The van der Waals surface area contributed by atoms with E-state index in [1.54, 1.807) is 0 Å². The van der Waals surface area contributed by atoms with E-state index in [0.717, 1.165) is 18.4 Å². The summed E-state index contributed by atoms with van der Waals surface area (Å²) >= 11 is 2.39. The van der Waals surface area contributed by atoms with Crippen molar-refractivity contribution >= 4 is 28.6 Å². The van der Waals surface area contributed by atoms with Crippen LogP contribution in [0.15, 0.2) is 11.6 Å². The smallest absolute Gasteiger partial charge is 0.333 e. The van der Waals surface area contributed by atoms with Crippen LogP contribution in [0.4, 0.5) is 0 Å². The molecule has 0 spiro atoms. The fourth-order valence-electron chi connectivity index (χ4n) is 1.75. The molecular weight excluding hydrogens is 291 g/mol. The van der Waals surface area contributed by atoms with Crippen LogP contribution in [0.5, 0.6) is 0 Å². The zero-order valence-electron chi connectivity index (χ0n) is 8.59. The number of halogens is 1. The van der Waals surface area contributed by atoms with E-state index in [1.165, 1.54) is 17.3 Å². The zero-order valence-corrected chi connectivity index (χ0v) is 10.7. The normalized spacial score (nSPS) is 20.7. The van der Waals surface area contributed by atoms with Crippen LogP contribution in [0.2, 0.25) is 0 Å². The van der Waals surface area contributed by atoms with Crippen LogP contribution in [-0.4, -0.2) is 17.0 Å². The Labute approximate surface area is 99.2 Å². The highest BCUT2D eigenvalue weighted by molar-refractivity contribution is 14.1.